The van der Waals surface area contributed by atoms with Crippen molar-refractivity contribution in [1.82, 2.24) is 5.32 Å². The molecule has 0 saturated carbocycles. The van der Waals surface area contributed by atoms with Gasteiger partial charge in [0.15, 0.2) is 0 Å². The zero-order valence-corrected chi connectivity index (χ0v) is 10.1. The molecule has 0 radical (unpaired) electrons. The summed E-state index contributed by atoms with van der Waals surface area (Å²) in [6, 6.07) is 2.57. The van der Waals surface area contributed by atoms with Gasteiger partial charge in [0, 0.05) is 10.6 Å². The molecule has 16 heavy (non-hydrogen) atoms. The standard InChI is InChI=1S/C10H12Cl2N2O2/c1-5(14-9(15)4-13)7-2-6(11)3-8(12)10(7)16/h2-3,5,16H,4,13H2,1H3,(H,14,15)/t5-/m1/s1. The molecule has 0 unspecified atom stereocenters. The molecule has 0 aliphatic carbocycles. The van der Waals surface area contributed by atoms with Gasteiger partial charge in [-0.05, 0) is 19.1 Å². The third-order valence-corrected chi connectivity index (χ3v) is 2.59. The van der Waals surface area contributed by atoms with Crippen molar-refractivity contribution >= 4 is 29.1 Å². The van der Waals surface area contributed by atoms with E-state index in [4.69, 9.17) is 28.9 Å². The molecular formula is C10H12Cl2N2O2. The third-order valence-electron chi connectivity index (χ3n) is 2.09. The summed E-state index contributed by atoms with van der Waals surface area (Å²) in [4.78, 5) is 11.1. The Kier molecular flexibility index (Phi) is 4.41. The first-order chi connectivity index (χ1) is 7.45. The lowest BCUT2D eigenvalue weighted by atomic mass is 10.1. The smallest absolute Gasteiger partial charge is 0.234 e. The molecule has 4 nitrogen and oxygen atoms in total. The van der Waals surface area contributed by atoms with Gasteiger partial charge in [-0.15, -0.1) is 0 Å². The highest BCUT2D eigenvalue weighted by Gasteiger charge is 2.15. The van der Waals surface area contributed by atoms with Crippen LogP contribution < -0.4 is 11.1 Å². The summed E-state index contributed by atoms with van der Waals surface area (Å²) in [7, 11) is 0. The highest BCUT2D eigenvalue weighted by atomic mass is 35.5. The van der Waals surface area contributed by atoms with Crippen LogP contribution in [0.25, 0.3) is 0 Å². The highest BCUT2D eigenvalue weighted by molar-refractivity contribution is 6.35. The van der Waals surface area contributed by atoms with Crippen molar-refractivity contribution in [1.29, 1.82) is 0 Å². The van der Waals surface area contributed by atoms with Crippen molar-refractivity contribution in [3.05, 3.63) is 27.7 Å². The van der Waals surface area contributed by atoms with E-state index in [1.54, 1.807) is 13.0 Å². The Balaban J connectivity index is 2.99. The number of phenolic OH excluding ortho intramolecular Hbond substituents is 1. The van der Waals surface area contributed by atoms with Gasteiger partial charge in [0.05, 0.1) is 17.6 Å². The van der Waals surface area contributed by atoms with Gasteiger partial charge < -0.3 is 16.2 Å². The molecule has 4 N–H and O–H groups in total. The van der Waals surface area contributed by atoms with Crippen molar-refractivity contribution in [2.24, 2.45) is 5.73 Å². The first-order valence-corrected chi connectivity index (χ1v) is 5.38. The van der Waals surface area contributed by atoms with Crippen molar-refractivity contribution in [2.45, 2.75) is 13.0 Å². The fourth-order valence-corrected chi connectivity index (χ4v) is 1.80. The summed E-state index contributed by atoms with van der Waals surface area (Å²) in [6.45, 7) is 1.59. The predicted molar refractivity (Wildman–Crippen MR) is 63.7 cm³/mol. The van der Waals surface area contributed by atoms with Crippen molar-refractivity contribution in [2.75, 3.05) is 6.54 Å². The average molecular weight is 263 g/mol. The maximum atomic E-state index is 11.1. The zero-order valence-electron chi connectivity index (χ0n) is 8.63. The molecule has 0 aromatic heterocycles. The minimum Gasteiger partial charge on any atom is -0.506 e. The van der Waals surface area contributed by atoms with Crippen LogP contribution in [0, 0.1) is 0 Å². The Bertz CT molecular complexity index is 410. The zero-order chi connectivity index (χ0) is 12.3. The molecule has 0 fully saturated rings. The molecular weight excluding hydrogens is 251 g/mol. The van der Waals surface area contributed by atoms with E-state index in [0.29, 0.717) is 10.6 Å². The number of nitrogens with one attached hydrogen (secondary N) is 1. The van der Waals surface area contributed by atoms with E-state index in [1.165, 1.54) is 6.07 Å². The van der Waals surface area contributed by atoms with Gasteiger partial charge >= 0.3 is 0 Å². The number of halogens is 2. The molecule has 0 saturated heterocycles. The fourth-order valence-electron chi connectivity index (χ4n) is 1.29. The Morgan fingerprint density at radius 3 is 2.75 bits per heavy atom. The molecule has 6 heteroatoms. The lowest BCUT2D eigenvalue weighted by molar-refractivity contribution is -0.120. The van der Waals surface area contributed by atoms with E-state index < -0.39 is 6.04 Å². The third kappa shape index (κ3) is 3.01. The number of benzene rings is 1. The number of hydrogen-bond donors (Lipinski definition) is 3. The minimum absolute atomic E-state index is 0.0871. The van der Waals surface area contributed by atoms with Crippen molar-refractivity contribution in [3.8, 4) is 5.75 Å². The first-order valence-electron chi connectivity index (χ1n) is 4.63. The molecule has 1 atom stereocenters. The molecule has 0 aliphatic rings. The quantitative estimate of drug-likeness (QED) is 0.778. The summed E-state index contributed by atoms with van der Waals surface area (Å²) in [5.74, 6) is -0.404. The van der Waals surface area contributed by atoms with Crippen LogP contribution in [0.3, 0.4) is 0 Å². The molecule has 88 valence electrons. The molecule has 1 aromatic rings. The van der Waals surface area contributed by atoms with E-state index >= 15 is 0 Å². The Morgan fingerprint density at radius 2 is 2.19 bits per heavy atom. The van der Waals surface area contributed by atoms with Crippen LogP contribution in [0.4, 0.5) is 0 Å². The van der Waals surface area contributed by atoms with Crippen molar-refractivity contribution < 1.29 is 9.90 Å². The predicted octanol–water partition coefficient (Wildman–Crippen LogP) is 1.83. The Morgan fingerprint density at radius 1 is 1.56 bits per heavy atom. The maximum Gasteiger partial charge on any atom is 0.234 e. The number of carbonyl (C=O) groups is 1. The van der Waals surface area contributed by atoms with Crippen LogP contribution in [0.5, 0.6) is 5.75 Å². The van der Waals surface area contributed by atoms with Crippen LogP contribution in [0.15, 0.2) is 12.1 Å². The number of amides is 1. The van der Waals surface area contributed by atoms with Crippen LogP contribution in [-0.2, 0) is 4.79 Å². The molecule has 0 spiro atoms. The highest BCUT2D eigenvalue weighted by Crippen LogP contribution is 2.34. The molecule has 0 aliphatic heterocycles. The average Bonchev–Trinajstić information content (AvgIpc) is 2.22. The van der Waals surface area contributed by atoms with E-state index in [1.807, 2.05) is 0 Å². The summed E-state index contributed by atoms with van der Waals surface area (Å²) in [5.41, 5.74) is 5.63. The van der Waals surface area contributed by atoms with E-state index in [-0.39, 0.29) is 23.2 Å². The van der Waals surface area contributed by atoms with Gasteiger partial charge in [0.25, 0.3) is 0 Å². The van der Waals surface area contributed by atoms with Crippen molar-refractivity contribution in [3.63, 3.8) is 0 Å². The summed E-state index contributed by atoms with van der Waals surface area (Å²) >= 11 is 11.6. The summed E-state index contributed by atoms with van der Waals surface area (Å²) < 4.78 is 0. The summed E-state index contributed by atoms with van der Waals surface area (Å²) in [6.07, 6.45) is 0. The minimum atomic E-state index is -0.410. The Labute approximate surface area is 103 Å². The number of nitrogens with two attached hydrogens (primary N) is 1. The topological polar surface area (TPSA) is 75.4 Å². The van der Waals surface area contributed by atoms with E-state index in [2.05, 4.69) is 5.32 Å². The first kappa shape index (κ1) is 13.1. The molecule has 1 amide bonds. The second-order valence-corrected chi connectivity index (χ2v) is 4.16. The van der Waals surface area contributed by atoms with Gasteiger partial charge in [0.1, 0.15) is 5.75 Å². The number of aromatic hydroxyl groups is 1. The largest absolute Gasteiger partial charge is 0.506 e. The van der Waals surface area contributed by atoms with Gasteiger partial charge in [-0.25, -0.2) is 0 Å². The summed E-state index contributed by atoms with van der Waals surface area (Å²) in [5, 5.41) is 12.8. The second kappa shape index (κ2) is 5.39. The molecule has 0 heterocycles. The SMILES string of the molecule is C[C@@H](NC(=O)CN)c1cc(Cl)cc(Cl)c1O. The lowest BCUT2D eigenvalue weighted by Crippen LogP contribution is -2.32. The van der Waals surface area contributed by atoms with E-state index in [9.17, 15) is 9.90 Å². The fraction of sp³-hybridized carbons (Fsp3) is 0.300. The van der Waals surface area contributed by atoms with Gasteiger partial charge in [-0.3, -0.25) is 4.79 Å². The normalized spacial score (nSPS) is 12.2. The van der Waals surface area contributed by atoms with Crippen LogP contribution in [0.1, 0.15) is 18.5 Å². The Hall–Kier alpha value is -0.970. The maximum absolute atomic E-state index is 11.1. The van der Waals surface area contributed by atoms with Gasteiger partial charge in [-0.1, -0.05) is 23.2 Å². The second-order valence-electron chi connectivity index (χ2n) is 3.32. The number of carbonyl (C=O) groups excluding carboxylic acids is 1. The van der Waals surface area contributed by atoms with E-state index in [0.717, 1.165) is 0 Å². The number of phenols is 1. The monoisotopic (exact) mass is 262 g/mol. The molecule has 1 rings (SSSR count). The van der Waals surface area contributed by atoms with Crippen LogP contribution in [0.2, 0.25) is 10.0 Å². The van der Waals surface area contributed by atoms with Crippen LogP contribution in [-0.4, -0.2) is 17.6 Å². The van der Waals surface area contributed by atoms with Gasteiger partial charge in [-0.2, -0.15) is 0 Å². The number of rotatable bonds is 3. The molecule has 1 aromatic carbocycles. The van der Waals surface area contributed by atoms with Gasteiger partial charge in [0.2, 0.25) is 5.91 Å². The molecule has 0 bridgehead atoms. The van der Waals surface area contributed by atoms with Crippen LogP contribution >= 0.6 is 23.2 Å². The number of hydrogen-bond acceptors (Lipinski definition) is 3. The lowest BCUT2D eigenvalue weighted by Gasteiger charge is -2.16.